The molecule has 11 heteroatoms. The number of aromatic amines is 2. The molecule has 1 aliphatic heterocycles. The summed E-state index contributed by atoms with van der Waals surface area (Å²) >= 11 is 1.49. The van der Waals surface area contributed by atoms with Crippen molar-refractivity contribution in [2.45, 2.75) is 0 Å². The molecular formula is C22H20N8O2S. The van der Waals surface area contributed by atoms with Crippen molar-refractivity contribution in [3.05, 3.63) is 53.7 Å². The molecule has 5 aromatic rings. The van der Waals surface area contributed by atoms with Gasteiger partial charge in [0.05, 0.1) is 47.2 Å². The number of ether oxygens (including phenoxy) is 1. The largest absolute Gasteiger partial charge is 0.378 e. The summed E-state index contributed by atoms with van der Waals surface area (Å²) in [4.78, 5) is 27.7. The third-order valence-electron chi connectivity index (χ3n) is 5.55. The monoisotopic (exact) mass is 460 g/mol. The van der Waals surface area contributed by atoms with Crippen LogP contribution in [0.25, 0.3) is 21.9 Å². The zero-order valence-electron chi connectivity index (χ0n) is 17.5. The predicted octanol–water partition coefficient (Wildman–Crippen LogP) is 3.73. The molecule has 1 fully saturated rings. The number of H-pyrrole nitrogens is 2. The van der Waals surface area contributed by atoms with Crippen LogP contribution in [0.5, 0.6) is 0 Å². The zero-order chi connectivity index (χ0) is 22.2. The highest BCUT2D eigenvalue weighted by Crippen LogP contribution is 2.30. The van der Waals surface area contributed by atoms with E-state index < -0.39 is 0 Å². The molecule has 3 aromatic heterocycles. The Hall–Kier alpha value is -3.96. The number of anilines is 4. The van der Waals surface area contributed by atoms with Crippen LogP contribution in [0.3, 0.4) is 0 Å². The van der Waals surface area contributed by atoms with Crippen molar-refractivity contribution in [2.75, 3.05) is 41.8 Å². The van der Waals surface area contributed by atoms with E-state index in [9.17, 15) is 4.79 Å². The number of rotatable bonds is 5. The third-order valence-corrected chi connectivity index (χ3v) is 6.24. The number of carbonyl (C=O) groups is 1. The van der Waals surface area contributed by atoms with Crippen LogP contribution in [-0.4, -0.2) is 57.4 Å². The number of amides is 1. The molecule has 1 saturated heterocycles. The van der Waals surface area contributed by atoms with Crippen LogP contribution in [0.15, 0.2) is 48.1 Å². The Balaban J connectivity index is 1.37. The smallest absolute Gasteiger partial charge is 0.257 e. The molecule has 0 atom stereocenters. The first kappa shape index (κ1) is 19.7. The number of hydrogen-bond donors (Lipinski definition) is 4. The van der Waals surface area contributed by atoms with Gasteiger partial charge < -0.3 is 25.3 Å². The second kappa shape index (κ2) is 8.19. The van der Waals surface area contributed by atoms with Crippen molar-refractivity contribution >= 4 is 61.6 Å². The van der Waals surface area contributed by atoms with E-state index in [0.29, 0.717) is 43.5 Å². The molecule has 4 heterocycles. The molecule has 6 rings (SSSR count). The minimum atomic E-state index is -0.193. The van der Waals surface area contributed by atoms with Gasteiger partial charge in [0.15, 0.2) is 5.13 Å². The maximum Gasteiger partial charge on any atom is 0.257 e. The maximum atomic E-state index is 13.4. The molecule has 0 radical (unpaired) electrons. The fourth-order valence-electron chi connectivity index (χ4n) is 3.95. The van der Waals surface area contributed by atoms with Crippen molar-refractivity contribution in [1.29, 1.82) is 0 Å². The van der Waals surface area contributed by atoms with Gasteiger partial charge in [0.2, 0.25) is 5.95 Å². The van der Waals surface area contributed by atoms with Crippen molar-refractivity contribution in [3.63, 3.8) is 0 Å². The van der Waals surface area contributed by atoms with Crippen LogP contribution in [0.4, 0.5) is 22.5 Å². The lowest BCUT2D eigenvalue weighted by Gasteiger charge is -2.30. The standard InChI is InChI=1S/C22H20N8O2S/c31-20(25-14-2-1-13-12-24-29-16(13)9-14)15-10-17-18(11-19(15)30-4-6-32-7-5-30)27-21(26-17)28-22-23-3-8-33-22/h1-3,8-12H,4-7H2,(H,24,29)(H,25,31)(H2,23,26,27,28). The fourth-order valence-corrected chi connectivity index (χ4v) is 4.48. The van der Waals surface area contributed by atoms with E-state index >= 15 is 0 Å². The zero-order valence-corrected chi connectivity index (χ0v) is 18.3. The Bertz CT molecular complexity index is 1440. The fraction of sp³-hybridized carbons (Fsp3) is 0.182. The molecule has 1 aliphatic rings. The normalized spacial score (nSPS) is 14.1. The van der Waals surface area contributed by atoms with Gasteiger partial charge in [0.1, 0.15) is 0 Å². The molecule has 10 nitrogen and oxygen atoms in total. The number of benzene rings is 2. The number of morpholine rings is 1. The number of nitrogens with one attached hydrogen (secondary N) is 4. The van der Waals surface area contributed by atoms with Crippen LogP contribution in [0.2, 0.25) is 0 Å². The lowest BCUT2D eigenvalue weighted by molar-refractivity contribution is 0.102. The van der Waals surface area contributed by atoms with E-state index in [0.717, 1.165) is 32.8 Å². The number of carbonyl (C=O) groups excluding carboxylic acids is 1. The van der Waals surface area contributed by atoms with Crippen LogP contribution in [-0.2, 0) is 4.74 Å². The van der Waals surface area contributed by atoms with Gasteiger partial charge in [0.25, 0.3) is 5.91 Å². The summed E-state index contributed by atoms with van der Waals surface area (Å²) in [6.45, 7) is 2.65. The Morgan fingerprint density at radius 3 is 2.91 bits per heavy atom. The summed E-state index contributed by atoms with van der Waals surface area (Å²) in [7, 11) is 0. The molecule has 33 heavy (non-hydrogen) atoms. The van der Waals surface area contributed by atoms with Crippen LogP contribution >= 0.6 is 11.3 Å². The number of aromatic nitrogens is 5. The van der Waals surface area contributed by atoms with Gasteiger partial charge >= 0.3 is 0 Å². The molecular weight excluding hydrogens is 440 g/mol. The first-order chi connectivity index (χ1) is 16.2. The summed E-state index contributed by atoms with van der Waals surface area (Å²) < 4.78 is 5.51. The second-order valence-electron chi connectivity index (χ2n) is 7.66. The van der Waals surface area contributed by atoms with Crippen LogP contribution in [0.1, 0.15) is 10.4 Å². The molecule has 4 N–H and O–H groups in total. The highest BCUT2D eigenvalue weighted by Gasteiger charge is 2.21. The van der Waals surface area contributed by atoms with E-state index in [1.54, 1.807) is 12.4 Å². The molecule has 0 spiro atoms. The predicted molar refractivity (Wildman–Crippen MR) is 129 cm³/mol. The van der Waals surface area contributed by atoms with Gasteiger partial charge in [-0.15, -0.1) is 11.3 Å². The Morgan fingerprint density at radius 1 is 1.15 bits per heavy atom. The number of thiazole rings is 1. The quantitative estimate of drug-likeness (QED) is 0.315. The van der Waals surface area contributed by atoms with E-state index in [4.69, 9.17) is 4.74 Å². The van der Waals surface area contributed by atoms with E-state index in [-0.39, 0.29) is 5.91 Å². The highest BCUT2D eigenvalue weighted by molar-refractivity contribution is 7.13. The van der Waals surface area contributed by atoms with Gasteiger partial charge in [-0.2, -0.15) is 5.10 Å². The third kappa shape index (κ3) is 3.88. The average molecular weight is 461 g/mol. The van der Waals surface area contributed by atoms with Crippen LogP contribution < -0.4 is 15.5 Å². The molecule has 166 valence electrons. The molecule has 2 aromatic carbocycles. The minimum absolute atomic E-state index is 0.193. The molecule has 0 unspecified atom stereocenters. The van der Waals surface area contributed by atoms with Gasteiger partial charge in [-0.25, -0.2) is 9.97 Å². The first-order valence-electron chi connectivity index (χ1n) is 10.5. The SMILES string of the molecule is O=C(Nc1ccc2cn[nH]c2c1)c1cc2[nH]c(Nc3nccs3)nc2cc1N1CCOCC1. The number of nitrogens with zero attached hydrogens (tertiary/aromatic N) is 4. The van der Waals surface area contributed by atoms with Gasteiger partial charge in [-0.3, -0.25) is 9.89 Å². The van der Waals surface area contributed by atoms with E-state index in [1.807, 2.05) is 35.7 Å². The molecule has 0 saturated carbocycles. The van der Waals surface area contributed by atoms with Crippen molar-refractivity contribution in [2.24, 2.45) is 0 Å². The summed E-state index contributed by atoms with van der Waals surface area (Å²) in [5.41, 5.74) is 4.49. The van der Waals surface area contributed by atoms with E-state index in [1.165, 1.54) is 11.3 Å². The summed E-state index contributed by atoms with van der Waals surface area (Å²) in [5.74, 6) is 0.386. The minimum Gasteiger partial charge on any atom is -0.378 e. The number of imidazole rings is 1. The Kier molecular flexibility index (Phi) is 4.89. The molecule has 0 aliphatic carbocycles. The Labute approximate surface area is 192 Å². The van der Waals surface area contributed by atoms with Crippen molar-refractivity contribution in [3.8, 4) is 0 Å². The van der Waals surface area contributed by atoms with E-state index in [2.05, 4.69) is 40.7 Å². The summed E-state index contributed by atoms with van der Waals surface area (Å²) in [6, 6.07) is 9.47. The highest BCUT2D eigenvalue weighted by atomic mass is 32.1. The number of fused-ring (bicyclic) bond motifs is 2. The average Bonchev–Trinajstić information content (AvgIpc) is 3.59. The van der Waals surface area contributed by atoms with Gasteiger partial charge in [0, 0.05) is 35.7 Å². The summed E-state index contributed by atoms with van der Waals surface area (Å²) in [6.07, 6.45) is 3.48. The Morgan fingerprint density at radius 2 is 2.06 bits per heavy atom. The topological polar surface area (TPSA) is 124 Å². The van der Waals surface area contributed by atoms with Gasteiger partial charge in [-0.05, 0) is 30.3 Å². The van der Waals surface area contributed by atoms with Crippen molar-refractivity contribution in [1.82, 2.24) is 25.1 Å². The number of hydrogen-bond acceptors (Lipinski definition) is 8. The first-order valence-corrected chi connectivity index (χ1v) is 11.4. The van der Waals surface area contributed by atoms with Crippen molar-refractivity contribution < 1.29 is 9.53 Å². The maximum absolute atomic E-state index is 13.4. The molecule has 0 bridgehead atoms. The summed E-state index contributed by atoms with van der Waals surface area (Å²) in [5, 5.41) is 16.8. The van der Waals surface area contributed by atoms with Gasteiger partial charge in [-0.1, -0.05) is 0 Å². The molecule has 1 amide bonds. The second-order valence-corrected chi connectivity index (χ2v) is 8.55. The lowest BCUT2D eigenvalue weighted by Crippen LogP contribution is -2.37. The van der Waals surface area contributed by atoms with Crippen LogP contribution in [0, 0.1) is 0 Å². The lowest BCUT2D eigenvalue weighted by atomic mass is 10.1.